The van der Waals surface area contributed by atoms with E-state index in [1.54, 1.807) is 48.6 Å². The third-order valence-electron chi connectivity index (χ3n) is 7.42. The maximum Gasteiger partial charge on any atom is 2.00 e. The summed E-state index contributed by atoms with van der Waals surface area (Å²) in [4.78, 5) is -0.274. The molecule has 0 bridgehead atoms. The summed E-state index contributed by atoms with van der Waals surface area (Å²) in [6.45, 7) is 4.45. The van der Waals surface area contributed by atoms with Crippen LogP contribution in [0.2, 0.25) is 0 Å². The van der Waals surface area contributed by atoms with Crippen molar-refractivity contribution in [1.82, 2.24) is 0 Å². The Bertz CT molecular complexity index is 1200. The molecule has 248 valence electrons. The number of benzene rings is 2. The van der Waals surface area contributed by atoms with Crippen LogP contribution in [0.25, 0.3) is 12.2 Å². The summed E-state index contributed by atoms with van der Waals surface area (Å²) in [7, 11) is -8.79. The van der Waals surface area contributed by atoms with Gasteiger partial charge in [-0.3, -0.25) is 0 Å². The fourth-order valence-corrected chi connectivity index (χ4v) is 6.24. The van der Waals surface area contributed by atoms with Crippen molar-refractivity contribution in [3.05, 3.63) is 71.8 Å². The Morgan fingerprint density at radius 2 is 0.778 bits per heavy atom. The van der Waals surface area contributed by atoms with Crippen LogP contribution in [0.5, 0.6) is 0 Å². The van der Waals surface area contributed by atoms with Gasteiger partial charge in [0.2, 0.25) is 0 Å². The number of hydrogen-bond acceptors (Lipinski definition) is 6. The molecule has 0 amide bonds. The summed E-state index contributed by atoms with van der Waals surface area (Å²) >= 11 is 0. The Hall–Kier alpha value is -1.00. The molecule has 6 nitrogen and oxygen atoms in total. The summed E-state index contributed by atoms with van der Waals surface area (Å²) in [5, 5.41) is 0. The van der Waals surface area contributed by atoms with Crippen LogP contribution in [0.4, 0.5) is 0 Å². The van der Waals surface area contributed by atoms with E-state index in [2.05, 4.69) is 13.8 Å². The molecule has 0 saturated heterocycles. The molecule has 2 rings (SSSR count). The number of allylic oxidation sites excluding steroid dienone is 2. The Morgan fingerprint density at radius 1 is 0.489 bits per heavy atom. The molecule has 0 unspecified atom stereocenters. The molecule has 0 aliphatic rings. The predicted octanol–water partition coefficient (Wildman–Crippen LogP) is 9.89. The molecule has 0 aromatic heterocycles. The first kappa shape index (κ1) is 44.0. The Labute approximate surface area is 304 Å². The van der Waals surface area contributed by atoms with Crippen molar-refractivity contribution in [2.24, 2.45) is 0 Å². The van der Waals surface area contributed by atoms with Crippen LogP contribution in [0.3, 0.4) is 0 Å². The third kappa shape index (κ3) is 22.2. The molecule has 2 aromatic rings. The monoisotopic (exact) mass is 686 g/mol. The van der Waals surface area contributed by atoms with Crippen molar-refractivity contribution >= 4 is 70.1 Å². The molecule has 0 aliphatic carbocycles. The van der Waals surface area contributed by atoms with E-state index >= 15 is 0 Å². The van der Waals surface area contributed by atoms with E-state index in [9.17, 15) is 25.9 Å². The van der Waals surface area contributed by atoms with Crippen LogP contribution in [-0.4, -0.2) is 63.7 Å². The molecule has 9 heteroatoms. The van der Waals surface area contributed by atoms with Gasteiger partial charge in [-0.1, -0.05) is 164 Å². The predicted molar refractivity (Wildman–Crippen MR) is 187 cm³/mol. The van der Waals surface area contributed by atoms with Gasteiger partial charge in [0.05, 0.1) is 9.79 Å². The Balaban J connectivity index is 0.000000842. The molecule has 0 N–H and O–H groups in total. The average Bonchev–Trinajstić information content (AvgIpc) is 2.99. The molecule has 0 fully saturated rings. The van der Waals surface area contributed by atoms with Crippen molar-refractivity contribution < 1.29 is 25.9 Å². The van der Waals surface area contributed by atoms with Crippen molar-refractivity contribution in [2.75, 3.05) is 0 Å². The van der Waals surface area contributed by atoms with Gasteiger partial charge in [-0.05, 0) is 48.9 Å². The van der Waals surface area contributed by atoms with E-state index in [4.69, 9.17) is 0 Å². The van der Waals surface area contributed by atoms with E-state index in [-0.39, 0.29) is 47.5 Å². The van der Waals surface area contributed by atoms with E-state index in [0.717, 1.165) is 25.7 Å². The van der Waals surface area contributed by atoms with Crippen molar-refractivity contribution in [3.63, 3.8) is 0 Å². The van der Waals surface area contributed by atoms with Crippen molar-refractivity contribution in [3.8, 4) is 0 Å². The molecule has 0 spiro atoms. The molecule has 0 radical (unpaired) electrons. The van der Waals surface area contributed by atoms with Crippen LogP contribution in [-0.2, 0) is 20.2 Å². The van der Waals surface area contributed by atoms with Gasteiger partial charge in [0.15, 0.2) is 0 Å². The van der Waals surface area contributed by atoms with Gasteiger partial charge < -0.3 is 9.11 Å². The van der Waals surface area contributed by atoms with Gasteiger partial charge >= 0.3 is 37.7 Å². The quantitative estimate of drug-likeness (QED) is 0.0692. The first-order valence-corrected chi connectivity index (χ1v) is 19.4. The van der Waals surface area contributed by atoms with E-state index in [1.807, 2.05) is 12.2 Å². The molecule has 0 aliphatic heterocycles. The van der Waals surface area contributed by atoms with Gasteiger partial charge in [-0.15, -0.1) is 0 Å². The maximum absolute atomic E-state index is 11.1. The molecule has 0 heterocycles. The first-order chi connectivity index (χ1) is 21.1. The third-order valence-corrected chi connectivity index (χ3v) is 9.24. The van der Waals surface area contributed by atoms with Gasteiger partial charge in [0.25, 0.3) is 0 Å². The topological polar surface area (TPSA) is 114 Å². The minimum absolute atomic E-state index is 0. The van der Waals surface area contributed by atoms with Crippen LogP contribution in [0, 0.1) is 0 Å². The SMILES string of the molecule is CCCCCCCCCCC=Cc1ccccc1S(=O)(=O)[O-].CCCCCCCCCCC=Cc1ccccc1S(=O)(=O)[O-].[Ca+2]. The number of rotatable bonds is 22. The summed E-state index contributed by atoms with van der Waals surface area (Å²) in [6.07, 6.45) is 29.6. The van der Waals surface area contributed by atoms with Crippen molar-refractivity contribution in [1.29, 1.82) is 0 Å². The van der Waals surface area contributed by atoms with E-state index in [0.29, 0.717) is 11.1 Å². The number of hydrogen-bond donors (Lipinski definition) is 0. The average molecular weight is 687 g/mol. The summed E-state index contributed by atoms with van der Waals surface area (Å²) in [5.74, 6) is 0. The van der Waals surface area contributed by atoms with Crippen LogP contribution >= 0.6 is 0 Å². The second kappa shape index (κ2) is 27.0. The van der Waals surface area contributed by atoms with E-state index < -0.39 is 20.2 Å². The molecule has 2 aromatic carbocycles. The molecule has 0 atom stereocenters. The zero-order valence-electron chi connectivity index (χ0n) is 27.6. The maximum atomic E-state index is 11.1. The van der Waals surface area contributed by atoms with Gasteiger partial charge in [-0.2, -0.15) is 0 Å². The normalized spacial score (nSPS) is 11.8. The zero-order valence-corrected chi connectivity index (χ0v) is 31.5. The van der Waals surface area contributed by atoms with Crippen LogP contribution in [0.15, 0.2) is 70.5 Å². The second-order valence-electron chi connectivity index (χ2n) is 11.3. The summed E-state index contributed by atoms with van der Waals surface area (Å²) in [6, 6.07) is 12.7. The summed E-state index contributed by atoms with van der Waals surface area (Å²) < 4.78 is 66.9. The van der Waals surface area contributed by atoms with Crippen LogP contribution < -0.4 is 0 Å². The molecule has 0 saturated carbocycles. The van der Waals surface area contributed by atoms with Gasteiger partial charge in [0.1, 0.15) is 20.2 Å². The van der Waals surface area contributed by atoms with Crippen molar-refractivity contribution in [2.45, 2.75) is 139 Å². The Kier molecular flexibility index (Phi) is 26.4. The fraction of sp³-hybridized carbons (Fsp3) is 0.556. The molecule has 45 heavy (non-hydrogen) atoms. The van der Waals surface area contributed by atoms with E-state index in [1.165, 1.54) is 102 Å². The number of unbranched alkanes of at least 4 members (excludes halogenated alkanes) is 16. The Morgan fingerprint density at radius 3 is 1.09 bits per heavy atom. The fourth-order valence-electron chi connectivity index (χ4n) is 4.90. The smallest absolute Gasteiger partial charge is 0.744 e. The summed E-state index contributed by atoms with van der Waals surface area (Å²) in [5.41, 5.74) is 0.967. The van der Waals surface area contributed by atoms with Crippen LogP contribution in [0.1, 0.15) is 141 Å². The molecular weight excluding hydrogens is 633 g/mol. The molecular formula is C36H54CaO6S2. The minimum Gasteiger partial charge on any atom is -0.744 e. The largest absolute Gasteiger partial charge is 2.00 e. The first-order valence-electron chi connectivity index (χ1n) is 16.5. The van der Waals surface area contributed by atoms with Gasteiger partial charge in [-0.25, -0.2) is 16.8 Å². The van der Waals surface area contributed by atoms with Gasteiger partial charge in [0, 0.05) is 0 Å². The minimum atomic E-state index is -4.40. The second-order valence-corrected chi connectivity index (χ2v) is 14.0. The zero-order chi connectivity index (χ0) is 32.5. The standard InChI is InChI=1S/2C18H28O3S.Ca/c2*1-2-3-4-5-6-7-8-9-10-11-14-17-15-12-13-16-18(17)22(19,20)21;/h2*11-16H,2-10H2,1H3,(H,19,20,21);/q;;+2/p-2.